The van der Waals surface area contributed by atoms with Gasteiger partial charge in [0, 0.05) is 14.0 Å². The summed E-state index contributed by atoms with van der Waals surface area (Å²) in [7, 11) is -1.14. The standard InChI is InChI=1S/C16H20Si.C13H19NO2.H2/c1-16(2,3)17(14-10-6-4-7-11-14)15-12-8-5-9-13-15;15-9-13-7-6-12(10-16-13)14-8-11-4-2-1-3-5-11;/h4-13,17H,1-3H3;1-5,12-15H,6-10H2;1H. The highest BCUT2D eigenvalue weighted by molar-refractivity contribution is 6.87. The van der Waals surface area contributed by atoms with Crippen molar-refractivity contribution >= 4 is 19.2 Å². The highest BCUT2D eigenvalue weighted by atomic mass is 28.3. The van der Waals surface area contributed by atoms with Crippen LogP contribution >= 0.6 is 0 Å². The highest BCUT2D eigenvalue weighted by Crippen LogP contribution is 2.26. The molecular weight excluding hydrogens is 422 g/mol. The molecule has 3 aromatic rings. The van der Waals surface area contributed by atoms with Crippen molar-refractivity contribution in [2.24, 2.45) is 0 Å². The zero-order valence-electron chi connectivity index (χ0n) is 20.3. The monoisotopic (exact) mass is 463 g/mol. The number of hydrogen-bond acceptors (Lipinski definition) is 3. The van der Waals surface area contributed by atoms with Crippen LogP contribution in [0, 0.1) is 0 Å². The van der Waals surface area contributed by atoms with E-state index in [9.17, 15) is 0 Å². The third-order valence-electron chi connectivity index (χ3n) is 6.14. The molecule has 1 saturated heterocycles. The molecule has 2 N–H and O–H groups in total. The zero-order chi connectivity index (χ0) is 23.5. The van der Waals surface area contributed by atoms with Crippen LogP contribution in [0.3, 0.4) is 0 Å². The normalized spacial score (nSPS) is 18.5. The fourth-order valence-electron chi connectivity index (χ4n) is 4.45. The second kappa shape index (κ2) is 12.9. The van der Waals surface area contributed by atoms with Crippen LogP contribution < -0.4 is 15.7 Å². The molecule has 3 nitrogen and oxygen atoms in total. The molecule has 3 aromatic carbocycles. The molecule has 178 valence electrons. The minimum atomic E-state index is -1.14. The van der Waals surface area contributed by atoms with Crippen molar-refractivity contribution in [1.29, 1.82) is 0 Å². The summed E-state index contributed by atoms with van der Waals surface area (Å²) in [6.45, 7) is 8.83. The van der Waals surface area contributed by atoms with Gasteiger partial charge >= 0.3 is 0 Å². The number of aliphatic hydroxyl groups is 1. The minimum absolute atomic E-state index is 0. The first-order valence-electron chi connectivity index (χ1n) is 12.1. The quantitative estimate of drug-likeness (QED) is 0.533. The lowest BCUT2D eigenvalue weighted by atomic mass is 10.1. The van der Waals surface area contributed by atoms with Gasteiger partial charge in [-0.05, 0) is 23.4 Å². The van der Waals surface area contributed by atoms with Crippen LogP contribution in [0.15, 0.2) is 91.0 Å². The molecule has 4 heteroatoms. The van der Waals surface area contributed by atoms with Gasteiger partial charge in [-0.3, -0.25) is 0 Å². The fraction of sp³-hybridized carbons (Fsp3) is 0.379. The third kappa shape index (κ3) is 8.24. The van der Waals surface area contributed by atoms with Crippen LogP contribution in [0.4, 0.5) is 0 Å². The Kier molecular flexibility index (Phi) is 9.88. The van der Waals surface area contributed by atoms with E-state index in [1.807, 2.05) is 6.07 Å². The Morgan fingerprint density at radius 3 is 1.79 bits per heavy atom. The van der Waals surface area contributed by atoms with Crippen molar-refractivity contribution in [2.75, 3.05) is 13.2 Å². The van der Waals surface area contributed by atoms with E-state index in [0.717, 1.165) is 19.4 Å². The van der Waals surface area contributed by atoms with Gasteiger partial charge in [-0.2, -0.15) is 0 Å². The van der Waals surface area contributed by atoms with E-state index in [1.165, 1.54) is 15.9 Å². The Morgan fingerprint density at radius 2 is 1.36 bits per heavy atom. The van der Waals surface area contributed by atoms with E-state index < -0.39 is 8.80 Å². The molecule has 0 amide bonds. The Morgan fingerprint density at radius 1 is 0.848 bits per heavy atom. The molecule has 0 aliphatic carbocycles. The van der Waals surface area contributed by atoms with Crippen LogP contribution in [0.5, 0.6) is 0 Å². The number of rotatable bonds is 6. The second-order valence-corrected chi connectivity index (χ2v) is 13.8. The van der Waals surface area contributed by atoms with Crippen LogP contribution in [-0.2, 0) is 11.3 Å². The number of aliphatic hydroxyl groups excluding tert-OH is 1. The maximum absolute atomic E-state index is 8.94. The maximum atomic E-state index is 8.94. The van der Waals surface area contributed by atoms with E-state index in [-0.39, 0.29) is 14.1 Å². The molecule has 1 aliphatic rings. The zero-order valence-corrected chi connectivity index (χ0v) is 21.4. The maximum Gasteiger partial charge on any atom is 0.108 e. The summed E-state index contributed by atoms with van der Waals surface area (Å²) < 4.78 is 5.52. The molecule has 1 fully saturated rings. The van der Waals surface area contributed by atoms with E-state index in [4.69, 9.17) is 9.84 Å². The molecule has 0 spiro atoms. The topological polar surface area (TPSA) is 41.5 Å². The summed E-state index contributed by atoms with van der Waals surface area (Å²) >= 11 is 0. The summed E-state index contributed by atoms with van der Waals surface area (Å²) in [5.41, 5.74) is 1.30. The molecule has 0 aromatic heterocycles. The van der Waals surface area contributed by atoms with E-state index in [1.54, 1.807) is 0 Å². The van der Waals surface area contributed by atoms with Crippen molar-refractivity contribution < 1.29 is 11.3 Å². The second-order valence-electron chi connectivity index (χ2n) is 9.90. The molecule has 1 aliphatic heterocycles. The van der Waals surface area contributed by atoms with E-state index >= 15 is 0 Å². The Bertz CT molecular complexity index is 872. The molecule has 0 bridgehead atoms. The van der Waals surface area contributed by atoms with Crippen molar-refractivity contribution in [3.05, 3.63) is 96.6 Å². The van der Waals surface area contributed by atoms with Crippen LogP contribution in [0.1, 0.15) is 40.6 Å². The molecule has 1 heterocycles. The lowest BCUT2D eigenvalue weighted by molar-refractivity contribution is -0.0319. The summed E-state index contributed by atoms with van der Waals surface area (Å²) in [6, 6.07) is 32.8. The first kappa shape index (κ1) is 25.4. The number of hydrogen-bond donors (Lipinski definition) is 2. The lowest BCUT2D eigenvalue weighted by Crippen LogP contribution is -2.48. The summed E-state index contributed by atoms with van der Waals surface area (Å²) in [5.74, 6) is 0. The Balaban J connectivity index is 0.000000234. The number of benzene rings is 3. The molecular formula is C29H41NO2Si. The van der Waals surface area contributed by atoms with Crippen LogP contribution in [0.2, 0.25) is 5.04 Å². The van der Waals surface area contributed by atoms with Gasteiger partial charge in [-0.15, -0.1) is 0 Å². The Hall–Kier alpha value is -2.24. The molecule has 4 rings (SSSR count). The van der Waals surface area contributed by atoms with Gasteiger partial charge in [0.15, 0.2) is 0 Å². The largest absolute Gasteiger partial charge is 0.394 e. The number of nitrogens with one attached hydrogen (secondary N) is 1. The predicted octanol–water partition coefficient (Wildman–Crippen LogP) is 4.39. The van der Waals surface area contributed by atoms with Gasteiger partial charge in [-0.1, -0.05) is 122 Å². The third-order valence-corrected chi connectivity index (χ3v) is 9.98. The molecule has 2 unspecified atom stereocenters. The average molecular weight is 464 g/mol. The van der Waals surface area contributed by atoms with Crippen molar-refractivity contribution in [2.45, 2.75) is 57.3 Å². The smallest absolute Gasteiger partial charge is 0.108 e. The predicted molar refractivity (Wildman–Crippen MR) is 144 cm³/mol. The summed E-state index contributed by atoms with van der Waals surface area (Å²) in [4.78, 5) is 0. The van der Waals surface area contributed by atoms with Gasteiger partial charge in [0.05, 0.1) is 19.3 Å². The van der Waals surface area contributed by atoms with Gasteiger partial charge < -0.3 is 15.2 Å². The van der Waals surface area contributed by atoms with Crippen molar-refractivity contribution in [1.82, 2.24) is 5.32 Å². The fourth-order valence-corrected chi connectivity index (χ4v) is 8.05. The lowest BCUT2D eigenvalue weighted by Gasteiger charge is -2.30. The minimum Gasteiger partial charge on any atom is -0.394 e. The van der Waals surface area contributed by atoms with Crippen LogP contribution in [-0.4, -0.2) is 39.3 Å². The molecule has 0 radical (unpaired) electrons. The van der Waals surface area contributed by atoms with Crippen molar-refractivity contribution in [3.63, 3.8) is 0 Å². The first-order valence-corrected chi connectivity index (χ1v) is 13.8. The van der Waals surface area contributed by atoms with E-state index in [0.29, 0.717) is 17.7 Å². The molecule has 2 atom stereocenters. The summed E-state index contributed by atoms with van der Waals surface area (Å²) in [5, 5.41) is 15.8. The first-order chi connectivity index (χ1) is 16.0. The Labute approximate surface area is 202 Å². The van der Waals surface area contributed by atoms with Gasteiger partial charge in [-0.25, -0.2) is 0 Å². The van der Waals surface area contributed by atoms with Crippen LogP contribution in [0.25, 0.3) is 0 Å². The average Bonchev–Trinajstić information content (AvgIpc) is 2.85. The van der Waals surface area contributed by atoms with E-state index in [2.05, 4.69) is 111 Å². The summed E-state index contributed by atoms with van der Waals surface area (Å²) in [6.07, 6.45) is 2.08. The van der Waals surface area contributed by atoms with Gasteiger partial charge in [0.2, 0.25) is 0 Å². The van der Waals surface area contributed by atoms with Gasteiger partial charge in [0.1, 0.15) is 8.80 Å². The number of ether oxygens (including phenoxy) is 1. The van der Waals surface area contributed by atoms with Crippen molar-refractivity contribution in [3.8, 4) is 0 Å². The SMILES string of the molecule is CC(C)(C)[SiH](c1ccccc1)c1ccccc1.OCC1CCC(NCc2ccccc2)CO1.[HH]. The molecule has 0 saturated carbocycles. The van der Waals surface area contributed by atoms with Gasteiger partial charge in [0.25, 0.3) is 0 Å². The molecule has 33 heavy (non-hydrogen) atoms. The highest BCUT2D eigenvalue weighted by Gasteiger charge is 2.29.